The summed E-state index contributed by atoms with van der Waals surface area (Å²) in [6, 6.07) is 92.5. The Morgan fingerprint density at radius 1 is 0.290 bits per heavy atom. The Kier molecular flexibility index (Phi) is 8.90. The number of benzene rings is 12. The molecule has 2 aromatic heterocycles. The molecule has 3 heteroatoms. The lowest BCUT2D eigenvalue weighted by Gasteiger charge is -2.28. The van der Waals surface area contributed by atoms with Crippen molar-refractivity contribution in [3.8, 4) is 39.1 Å². The van der Waals surface area contributed by atoms with Crippen LogP contribution in [0.4, 0.5) is 17.1 Å². The third-order valence-electron chi connectivity index (χ3n) is 14.2. The topological polar surface area (TPSA) is 21.3 Å². The van der Waals surface area contributed by atoms with E-state index >= 15 is 0 Å². The second-order valence-corrected chi connectivity index (χ2v) is 18.0. The molecule has 0 aliphatic carbocycles. The van der Waals surface area contributed by atoms with Crippen LogP contribution in [-0.4, -0.2) is 4.57 Å². The minimum absolute atomic E-state index is 0.892. The molecule has 2 heterocycles. The molecule has 0 aliphatic rings. The Bertz CT molecular complexity index is 4270. The molecule has 0 amide bonds. The highest BCUT2D eigenvalue weighted by atomic mass is 16.3. The van der Waals surface area contributed by atoms with Gasteiger partial charge < -0.3 is 13.9 Å². The molecule has 0 fully saturated rings. The van der Waals surface area contributed by atoms with Crippen LogP contribution in [0.2, 0.25) is 0 Å². The van der Waals surface area contributed by atoms with Gasteiger partial charge in [-0.3, -0.25) is 0 Å². The average Bonchev–Trinajstić information content (AvgIpc) is 3.98. The molecule has 3 nitrogen and oxygen atoms in total. The van der Waals surface area contributed by atoms with Crippen molar-refractivity contribution in [2.24, 2.45) is 0 Å². The molecule has 0 atom stereocenters. The van der Waals surface area contributed by atoms with Crippen LogP contribution in [0.3, 0.4) is 0 Å². The van der Waals surface area contributed by atoms with Gasteiger partial charge in [0.05, 0.1) is 16.7 Å². The zero-order valence-electron chi connectivity index (χ0n) is 37.6. The average molecular weight is 879 g/mol. The van der Waals surface area contributed by atoms with Gasteiger partial charge in [-0.25, -0.2) is 0 Å². The van der Waals surface area contributed by atoms with Crippen molar-refractivity contribution < 1.29 is 4.42 Å². The molecule has 0 aliphatic heterocycles. The van der Waals surface area contributed by atoms with Crippen molar-refractivity contribution in [2.45, 2.75) is 0 Å². The molecular weight excluding hydrogens is 837 g/mol. The quantitative estimate of drug-likeness (QED) is 0.149. The van der Waals surface area contributed by atoms with Gasteiger partial charge in [0.2, 0.25) is 0 Å². The van der Waals surface area contributed by atoms with E-state index in [1.54, 1.807) is 0 Å². The zero-order valence-corrected chi connectivity index (χ0v) is 37.6. The summed E-state index contributed by atoms with van der Waals surface area (Å²) < 4.78 is 9.26. The number of rotatable bonds is 7. The maximum atomic E-state index is 6.88. The fraction of sp³-hybridized carbons (Fsp3) is 0. The molecule has 0 bridgehead atoms. The van der Waals surface area contributed by atoms with Gasteiger partial charge in [0, 0.05) is 55.1 Å². The van der Waals surface area contributed by atoms with E-state index in [0.717, 1.165) is 83.5 Å². The Morgan fingerprint density at radius 3 is 1.65 bits per heavy atom. The summed E-state index contributed by atoms with van der Waals surface area (Å²) in [7, 11) is 0. The smallest absolute Gasteiger partial charge is 0.143 e. The summed E-state index contributed by atoms with van der Waals surface area (Å²) in [5.74, 6) is 0. The van der Waals surface area contributed by atoms with Crippen LogP contribution in [0.25, 0.3) is 115 Å². The van der Waals surface area contributed by atoms with E-state index in [9.17, 15) is 0 Å². The Hall–Kier alpha value is -9.18. The van der Waals surface area contributed by atoms with Crippen LogP contribution in [0.15, 0.2) is 259 Å². The second kappa shape index (κ2) is 15.7. The minimum atomic E-state index is 0.892. The lowest BCUT2D eigenvalue weighted by molar-refractivity contribution is 0.674. The first kappa shape index (κ1) is 39.0. The van der Waals surface area contributed by atoms with Crippen LogP contribution in [0.1, 0.15) is 0 Å². The standard InChI is InChI=1S/C66H42N2O/c1-3-20-53-44(14-1)30-31-46-32-33-49(42-61(46)53)54-21-5-8-27-62(54)67(51-18-12-17-48(41-51)56-25-13-26-59-60-39-36-45-15-2-4-22-55(45)65(60)69-66(56)59)50-37-34-43(35-38-50)47-16-11-19-52(40-47)68-63-28-9-6-23-57(63)58-24-7-10-29-64(58)68/h1-42H. The first-order valence-corrected chi connectivity index (χ1v) is 23.7. The summed E-state index contributed by atoms with van der Waals surface area (Å²) in [5, 5.41) is 12.0. The molecule has 69 heavy (non-hydrogen) atoms. The molecule has 12 aromatic carbocycles. The summed E-state index contributed by atoms with van der Waals surface area (Å²) in [6.07, 6.45) is 0. The zero-order chi connectivity index (χ0) is 45.4. The van der Waals surface area contributed by atoms with Crippen LogP contribution in [-0.2, 0) is 0 Å². The monoisotopic (exact) mass is 878 g/mol. The van der Waals surface area contributed by atoms with E-state index in [2.05, 4.69) is 264 Å². The minimum Gasteiger partial charge on any atom is -0.455 e. The van der Waals surface area contributed by atoms with E-state index in [1.807, 2.05) is 0 Å². The van der Waals surface area contributed by atoms with Crippen molar-refractivity contribution in [3.63, 3.8) is 0 Å². The number of nitrogens with zero attached hydrogens (tertiary/aromatic N) is 2. The first-order valence-electron chi connectivity index (χ1n) is 23.7. The maximum Gasteiger partial charge on any atom is 0.143 e. The number of aromatic nitrogens is 1. The highest BCUT2D eigenvalue weighted by Gasteiger charge is 2.21. The van der Waals surface area contributed by atoms with Gasteiger partial charge in [0.1, 0.15) is 11.2 Å². The summed E-state index contributed by atoms with van der Waals surface area (Å²) >= 11 is 0. The lowest BCUT2D eigenvalue weighted by atomic mass is 9.95. The van der Waals surface area contributed by atoms with Gasteiger partial charge in [-0.1, -0.05) is 188 Å². The molecule has 0 spiro atoms. The van der Waals surface area contributed by atoms with Crippen LogP contribution in [0.5, 0.6) is 0 Å². The number of fused-ring (bicyclic) bond motifs is 11. The number of anilines is 3. The van der Waals surface area contributed by atoms with E-state index < -0.39 is 0 Å². The number of hydrogen-bond acceptors (Lipinski definition) is 2. The Morgan fingerprint density at radius 2 is 0.841 bits per heavy atom. The van der Waals surface area contributed by atoms with Crippen molar-refractivity contribution in [2.75, 3.05) is 4.90 Å². The highest BCUT2D eigenvalue weighted by Crippen LogP contribution is 2.45. The number of hydrogen-bond donors (Lipinski definition) is 0. The fourth-order valence-electron chi connectivity index (χ4n) is 10.9. The third-order valence-corrected chi connectivity index (χ3v) is 14.2. The molecule has 0 saturated heterocycles. The predicted octanol–water partition coefficient (Wildman–Crippen LogP) is 18.6. The van der Waals surface area contributed by atoms with Crippen molar-refractivity contribution in [1.29, 1.82) is 0 Å². The fourth-order valence-corrected chi connectivity index (χ4v) is 10.9. The number of furan rings is 1. The predicted molar refractivity (Wildman–Crippen MR) is 292 cm³/mol. The second-order valence-electron chi connectivity index (χ2n) is 18.0. The Labute approximate surface area is 399 Å². The van der Waals surface area contributed by atoms with Gasteiger partial charge in [-0.15, -0.1) is 0 Å². The summed E-state index contributed by atoms with van der Waals surface area (Å²) in [4.78, 5) is 2.41. The molecule has 0 saturated carbocycles. The van der Waals surface area contributed by atoms with Gasteiger partial charge in [-0.2, -0.15) is 0 Å². The van der Waals surface area contributed by atoms with Gasteiger partial charge in [0.25, 0.3) is 0 Å². The molecule has 0 unspecified atom stereocenters. The first-order chi connectivity index (χ1) is 34.2. The largest absolute Gasteiger partial charge is 0.455 e. The van der Waals surface area contributed by atoms with Crippen LogP contribution >= 0.6 is 0 Å². The molecule has 0 N–H and O–H groups in total. The van der Waals surface area contributed by atoms with Crippen molar-refractivity contribution >= 4 is 93.1 Å². The van der Waals surface area contributed by atoms with E-state index in [-0.39, 0.29) is 0 Å². The number of para-hydroxylation sites is 4. The van der Waals surface area contributed by atoms with Crippen molar-refractivity contribution in [1.82, 2.24) is 4.57 Å². The lowest BCUT2D eigenvalue weighted by Crippen LogP contribution is -2.11. The molecule has 0 radical (unpaired) electrons. The van der Waals surface area contributed by atoms with Crippen molar-refractivity contribution in [3.05, 3.63) is 255 Å². The van der Waals surface area contributed by atoms with Crippen LogP contribution < -0.4 is 4.90 Å². The van der Waals surface area contributed by atoms with E-state index in [0.29, 0.717) is 0 Å². The summed E-state index contributed by atoms with van der Waals surface area (Å²) in [5.41, 5.74) is 15.3. The third kappa shape index (κ3) is 6.36. The molecule has 322 valence electrons. The molecular formula is C66H42N2O. The van der Waals surface area contributed by atoms with E-state index in [1.165, 1.54) is 48.7 Å². The summed E-state index contributed by atoms with van der Waals surface area (Å²) in [6.45, 7) is 0. The van der Waals surface area contributed by atoms with Gasteiger partial charge in [0.15, 0.2) is 0 Å². The molecule has 14 rings (SSSR count). The Balaban J connectivity index is 0.923. The molecule has 14 aromatic rings. The SMILES string of the molecule is c1cc(-c2cccc3c2oc2c4ccccc4ccc32)cc(N(c2ccc(-c3cccc(-n4c5ccccc5c5ccccc54)c3)cc2)c2ccccc2-c2ccc3ccc4ccccc4c3c2)c1. The van der Waals surface area contributed by atoms with E-state index in [4.69, 9.17) is 4.42 Å². The normalized spacial score (nSPS) is 11.8. The van der Waals surface area contributed by atoms with Gasteiger partial charge >= 0.3 is 0 Å². The maximum absolute atomic E-state index is 6.88. The van der Waals surface area contributed by atoms with Gasteiger partial charge in [-0.05, 0) is 116 Å². The van der Waals surface area contributed by atoms with Crippen LogP contribution in [0, 0.1) is 0 Å². The highest BCUT2D eigenvalue weighted by molar-refractivity contribution is 6.17.